The summed E-state index contributed by atoms with van der Waals surface area (Å²) in [5, 5.41) is 22.0. The lowest BCUT2D eigenvalue weighted by Crippen LogP contribution is -2.56. The van der Waals surface area contributed by atoms with Gasteiger partial charge in [0, 0.05) is 16.7 Å². The van der Waals surface area contributed by atoms with E-state index in [0.29, 0.717) is 30.8 Å². The monoisotopic (exact) mass is 1110 g/mol. The number of halogens is 4. The summed E-state index contributed by atoms with van der Waals surface area (Å²) in [6.07, 6.45) is -1.97. The number of nitrogens with one attached hydrogen (secondary N) is 1. The zero-order valence-electron chi connectivity index (χ0n) is 42.7. The fraction of sp³-hybridized carbons (Fsp3) is 0.357. The normalized spacial score (nSPS) is 20.7. The van der Waals surface area contributed by atoms with Crippen LogP contribution < -0.4 is 34.5 Å². The quantitative estimate of drug-likeness (QED) is 0.0951. The highest BCUT2D eigenvalue weighted by atomic mass is 35.7. The number of ether oxygens (including phenoxy) is 3. The van der Waals surface area contributed by atoms with E-state index in [4.69, 9.17) is 25.9 Å². The molecule has 76 heavy (non-hydrogen) atoms. The summed E-state index contributed by atoms with van der Waals surface area (Å²) in [5.41, 5.74) is 10.6. The van der Waals surface area contributed by atoms with Crippen LogP contribution in [0.3, 0.4) is 0 Å². The molecule has 14 nitrogen and oxygen atoms in total. The number of aliphatic hydroxyl groups is 2. The SMILES string of the molecule is CCN(CC)CC.Cc1ccc(S(=O)(=O)Cl)cc1.NC1CCCC(N2c3ccccc3Oc3ccccc32)C1O.O=S(=O)(NC1CCCC(N2c3ccccc3Oc3ccccc32)C1O)c1ccc(OC(F)(F)F)cc1. The number of alkyl halides is 3. The molecule has 6 aromatic rings. The molecule has 6 atom stereocenters. The third kappa shape index (κ3) is 14.4. The molecular formula is C56H65ClF3N5O9S2. The van der Waals surface area contributed by atoms with E-state index in [1.54, 1.807) is 12.1 Å². The second kappa shape index (κ2) is 25.5. The third-order valence-corrected chi connectivity index (χ3v) is 16.5. The van der Waals surface area contributed by atoms with Crippen molar-refractivity contribution in [1.82, 2.24) is 9.62 Å². The van der Waals surface area contributed by atoms with Gasteiger partial charge in [0.05, 0.1) is 62.9 Å². The van der Waals surface area contributed by atoms with Crippen LogP contribution in [0.4, 0.5) is 35.9 Å². The highest BCUT2D eigenvalue weighted by Gasteiger charge is 2.42. The molecule has 0 saturated heterocycles. The molecule has 10 rings (SSSR count). The summed E-state index contributed by atoms with van der Waals surface area (Å²) in [5.74, 6) is 2.39. The number of hydrogen-bond acceptors (Lipinski definition) is 13. The van der Waals surface area contributed by atoms with E-state index in [1.165, 1.54) is 31.8 Å². The number of rotatable bonds is 10. The Morgan fingerprint density at radius 3 is 1.41 bits per heavy atom. The fourth-order valence-electron chi connectivity index (χ4n) is 9.68. The molecule has 6 unspecified atom stereocenters. The first-order valence-electron chi connectivity index (χ1n) is 25.3. The Hall–Kier alpha value is -5.90. The van der Waals surface area contributed by atoms with Crippen LogP contribution in [0.5, 0.6) is 28.7 Å². The number of hydrogen-bond donors (Lipinski definition) is 4. The van der Waals surface area contributed by atoms with Crippen molar-refractivity contribution in [3.8, 4) is 28.7 Å². The Kier molecular flexibility index (Phi) is 19.4. The van der Waals surface area contributed by atoms with Crippen LogP contribution in [0.1, 0.15) is 64.9 Å². The number of anilines is 4. The molecule has 408 valence electrons. The maximum absolute atomic E-state index is 13.0. The molecule has 0 spiro atoms. The summed E-state index contributed by atoms with van der Waals surface area (Å²) in [6, 6.07) is 39.7. The Bertz CT molecular complexity index is 2990. The number of aliphatic hydroxyl groups excluding tert-OH is 2. The summed E-state index contributed by atoms with van der Waals surface area (Å²) in [7, 11) is -2.58. The van der Waals surface area contributed by atoms with Crippen LogP contribution in [-0.4, -0.2) is 94.3 Å². The van der Waals surface area contributed by atoms with Gasteiger partial charge in [0.25, 0.3) is 9.05 Å². The molecule has 2 saturated carbocycles. The van der Waals surface area contributed by atoms with Gasteiger partial charge < -0.3 is 44.9 Å². The predicted octanol–water partition coefficient (Wildman–Crippen LogP) is 11.5. The molecule has 20 heteroatoms. The number of aryl methyl sites for hydroxylation is 1. The molecular weight excluding hydrogens is 1040 g/mol. The first-order chi connectivity index (χ1) is 36.2. The average molecular weight is 1110 g/mol. The number of nitrogens with two attached hydrogens (primary N) is 1. The minimum absolute atomic E-state index is 0.0186. The maximum Gasteiger partial charge on any atom is 0.573 e. The van der Waals surface area contributed by atoms with Crippen LogP contribution in [0, 0.1) is 6.92 Å². The molecule has 2 heterocycles. The highest BCUT2D eigenvalue weighted by Crippen LogP contribution is 2.50. The van der Waals surface area contributed by atoms with Crippen molar-refractivity contribution in [2.75, 3.05) is 29.4 Å². The zero-order valence-corrected chi connectivity index (χ0v) is 45.1. The molecule has 2 fully saturated rings. The number of fused-ring (bicyclic) bond motifs is 4. The van der Waals surface area contributed by atoms with Crippen LogP contribution in [0.2, 0.25) is 0 Å². The van der Waals surface area contributed by atoms with Gasteiger partial charge in [-0.15, -0.1) is 13.2 Å². The molecule has 0 aromatic heterocycles. The average Bonchev–Trinajstić information content (AvgIpc) is 3.41. The van der Waals surface area contributed by atoms with Crippen LogP contribution in [0.15, 0.2) is 155 Å². The summed E-state index contributed by atoms with van der Waals surface area (Å²) in [4.78, 5) is 6.48. The highest BCUT2D eigenvalue weighted by molar-refractivity contribution is 8.13. The van der Waals surface area contributed by atoms with E-state index in [1.807, 2.05) is 109 Å². The standard InChI is InChI=1S/C25H23F3N2O5S.C18H20N2O2.C7H7ClO2S.C6H15N/c26-25(27,28)35-16-12-14-17(15-13-16)36(32,33)29-18-6-5-9-21(24(18)31)30-19-7-1-3-10-22(19)34-23-11-4-2-8-20(23)30;19-12-6-5-9-15(18(12)21)20-13-7-1-3-10-16(13)22-17-11-4-2-8-14(17)20;1-6-2-4-7(5-3-6)11(8,9)10;1-4-7(5-2)6-3/h1-4,7-8,10-15,18,21,24,29,31H,5-6,9H2;1-4,7-8,10-12,15,18,21H,5-6,9,19H2;2-5H,1H3;4-6H2,1-3H3. The Morgan fingerprint density at radius 1 is 0.618 bits per heavy atom. The van der Waals surface area contributed by atoms with E-state index in [-0.39, 0.29) is 21.9 Å². The fourth-order valence-corrected chi connectivity index (χ4v) is 11.7. The van der Waals surface area contributed by atoms with E-state index in [0.717, 1.165) is 83.3 Å². The summed E-state index contributed by atoms with van der Waals surface area (Å²) >= 11 is 0. The van der Waals surface area contributed by atoms with E-state index < -0.39 is 55.5 Å². The molecule has 0 amide bonds. The second-order valence-electron chi connectivity index (χ2n) is 18.6. The Morgan fingerprint density at radius 2 is 1.01 bits per heavy atom. The lowest BCUT2D eigenvalue weighted by Gasteiger charge is -2.44. The number of benzene rings is 6. The molecule has 0 bridgehead atoms. The zero-order chi connectivity index (χ0) is 54.8. The van der Waals surface area contributed by atoms with Gasteiger partial charge in [-0.25, -0.2) is 21.6 Å². The maximum atomic E-state index is 13.0. The first kappa shape index (κ1) is 57.8. The van der Waals surface area contributed by atoms with E-state index >= 15 is 0 Å². The van der Waals surface area contributed by atoms with Crippen molar-refractivity contribution in [3.63, 3.8) is 0 Å². The smallest absolute Gasteiger partial charge is 0.453 e. The molecule has 0 radical (unpaired) electrons. The number of nitrogens with zero attached hydrogens (tertiary/aromatic N) is 3. The van der Waals surface area contributed by atoms with Crippen molar-refractivity contribution < 1.29 is 54.4 Å². The van der Waals surface area contributed by atoms with Crippen molar-refractivity contribution in [2.24, 2.45) is 5.73 Å². The van der Waals surface area contributed by atoms with Gasteiger partial charge in [0.2, 0.25) is 10.0 Å². The Balaban J connectivity index is 0.000000176. The summed E-state index contributed by atoms with van der Waals surface area (Å²) < 4.78 is 103. The van der Waals surface area contributed by atoms with E-state index in [9.17, 15) is 40.2 Å². The van der Waals surface area contributed by atoms with Crippen molar-refractivity contribution >= 4 is 52.5 Å². The van der Waals surface area contributed by atoms with Gasteiger partial charge in [-0.1, -0.05) is 87.0 Å². The second-order valence-corrected chi connectivity index (χ2v) is 22.9. The Labute approximate surface area is 448 Å². The van der Waals surface area contributed by atoms with Gasteiger partial charge >= 0.3 is 6.36 Å². The predicted molar refractivity (Wildman–Crippen MR) is 290 cm³/mol. The van der Waals surface area contributed by atoms with Gasteiger partial charge in [-0.05, 0) is 150 Å². The molecule has 2 aliphatic heterocycles. The lowest BCUT2D eigenvalue weighted by atomic mass is 9.86. The minimum atomic E-state index is -4.88. The largest absolute Gasteiger partial charge is 0.573 e. The number of sulfonamides is 1. The number of para-hydroxylation sites is 8. The van der Waals surface area contributed by atoms with Crippen LogP contribution in [-0.2, 0) is 19.1 Å². The molecule has 4 aliphatic rings. The topological polar surface area (TPSA) is 184 Å². The lowest BCUT2D eigenvalue weighted by molar-refractivity contribution is -0.274. The summed E-state index contributed by atoms with van der Waals surface area (Å²) in [6.45, 7) is 12.0. The molecule has 6 aromatic carbocycles. The van der Waals surface area contributed by atoms with Crippen molar-refractivity contribution in [3.05, 3.63) is 151 Å². The van der Waals surface area contributed by atoms with Crippen LogP contribution in [0.25, 0.3) is 0 Å². The third-order valence-electron chi connectivity index (χ3n) is 13.6. The van der Waals surface area contributed by atoms with Gasteiger partial charge in [0.15, 0.2) is 23.0 Å². The van der Waals surface area contributed by atoms with E-state index in [2.05, 4.69) is 40.0 Å². The minimum Gasteiger partial charge on any atom is -0.453 e. The van der Waals surface area contributed by atoms with Gasteiger partial charge in [0.1, 0.15) is 5.75 Å². The van der Waals surface area contributed by atoms with Crippen LogP contribution >= 0.6 is 10.7 Å². The molecule has 5 N–H and O–H groups in total. The first-order valence-corrected chi connectivity index (χ1v) is 29.1. The van der Waals surface area contributed by atoms with Crippen molar-refractivity contribution in [1.29, 1.82) is 0 Å². The van der Waals surface area contributed by atoms with Gasteiger partial charge in [-0.2, -0.15) is 0 Å². The van der Waals surface area contributed by atoms with Crippen molar-refractivity contribution in [2.45, 2.75) is 119 Å². The van der Waals surface area contributed by atoms with Gasteiger partial charge in [-0.3, -0.25) is 0 Å². The molecule has 2 aliphatic carbocycles.